The van der Waals surface area contributed by atoms with Crippen molar-refractivity contribution in [1.29, 1.82) is 0 Å². The molecule has 0 fully saturated rings. The Hall–Kier alpha value is -0.800. The first-order valence-electron chi connectivity index (χ1n) is 1.98. The van der Waals surface area contributed by atoms with Gasteiger partial charge in [0.05, 0.1) is 0 Å². The van der Waals surface area contributed by atoms with E-state index in [1.165, 1.54) is 4.90 Å². The lowest BCUT2D eigenvalue weighted by molar-refractivity contribution is 0.467. The third kappa shape index (κ3) is 0.629. The van der Waals surface area contributed by atoms with Gasteiger partial charge in [-0.15, -0.1) is 5.10 Å². The van der Waals surface area contributed by atoms with Crippen molar-refractivity contribution >= 4 is 6.09 Å². The van der Waals surface area contributed by atoms with Gasteiger partial charge in [0.15, 0.2) is 0 Å². The number of hydrogen-bond donors (Lipinski definition) is 1. The van der Waals surface area contributed by atoms with Crippen LogP contribution in [-0.2, 0) is 0 Å². The summed E-state index contributed by atoms with van der Waals surface area (Å²) >= 11 is 0. The Balaban J connectivity index is 2.54. The molecule has 1 rings (SSSR count). The standard InChI is InChI=1S/C3H6FN3/c1-7-2-5-6-3(7)4/h5H,2H2,1H3. The minimum Gasteiger partial charge on any atom is -0.316 e. The molecule has 0 saturated heterocycles. The van der Waals surface area contributed by atoms with E-state index in [0.717, 1.165) is 0 Å². The molecule has 0 atom stereocenters. The summed E-state index contributed by atoms with van der Waals surface area (Å²) in [5, 5.41) is 3.24. The second-order valence-corrected chi connectivity index (χ2v) is 1.40. The van der Waals surface area contributed by atoms with Crippen LogP contribution >= 0.6 is 0 Å². The Morgan fingerprint density at radius 3 is 2.86 bits per heavy atom. The molecule has 0 spiro atoms. The maximum Gasteiger partial charge on any atom is 0.302 e. The SMILES string of the molecule is CN1CNN=C1F. The summed E-state index contributed by atoms with van der Waals surface area (Å²) in [5.74, 6) is 0. The smallest absolute Gasteiger partial charge is 0.302 e. The van der Waals surface area contributed by atoms with Crippen molar-refractivity contribution in [1.82, 2.24) is 10.3 Å². The zero-order valence-electron chi connectivity index (χ0n) is 3.98. The van der Waals surface area contributed by atoms with Crippen LogP contribution in [-0.4, -0.2) is 24.7 Å². The van der Waals surface area contributed by atoms with Crippen LogP contribution in [0.2, 0.25) is 0 Å². The lowest BCUT2D eigenvalue weighted by Crippen LogP contribution is -2.21. The number of halogens is 1. The number of nitrogens with zero attached hydrogens (tertiary/aromatic N) is 2. The van der Waals surface area contributed by atoms with Crippen LogP contribution in [0.25, 0.3) is 0 Å². The normalized spacial score (nSPS) is 19.1. The highest BCUT2D eigenvalue weighted by molar-refractivity contribution is 5.72. The van der Waals surface area contributed by atoms with E-state index < -0.39 is 6.09 Å². The number of hydrogen-bond acceptors (Lipinski definition) is 3. The molecule has 0 amide bonds. The monoisotopic (exact) mass is 103 g/mol. The molecular formula is C3H6FN3. The van der Waals surface area contributed by atoms with Gasteiger partial charge in [0, 0.05) is 7.05 Å². The van der Waals surface area contributed by atoms with Gasteiger partial charge in [0.1, 0.15) is 6.67 Å². The van der Waals surface area contributed by atoms with E-state index >= 15 is 0 Å². The van der Waals surface area contributed by atoms with Gasteiger partial charge in [-0.1, -0.05) is 0 Å². The van der Waals surface area contributed by atoms with E-state index in [-0.39, 0.29) is 0 Å². The highest BCUT2D eigenvalue weighted by Crippen LogP contribution is 1.91. The van der Waals surface area contributed by atoms with Gasteiger partial charge in [0.25, 0.3) is 0 Å². The molecule has 0 aromatic carbocycles. The zero-order valence-corrected chi connectivity index (χ0v) is 3.98. The minimum atomic E-state index is -0.444. The van der Waals surface area contributed by atoms with Crippen LogP contribution in [0.5, 0.6) is 0 Å². The molecule has 4 heteroatoms. The van der Waals surface area contributed by atoms with Crippen molar-refractivity contribution in [3.8, 4) is 0 Å². The number of hydrazone groups is 1. The number of rotatable bonds is 0. The molecule has 0 aromatic heterocycles. The predicted octanol–water partition coefficient (Wildman–Crippen LogP) is -0.281. The molecule has 0 aliphatic carbocycles. The van der Waals surface area contributed by atoms with Crippen molar-refractivity contribution in [2.45, 2.75) is 0 Å². The predicted molar refractivity (Wildman–Crippen MR) is 24.3 cm³/mol. The average Bonchev–Trinajstić information content (AvgIpc) is 1.91. The molecule has 1 N–H and O–H groups in total. The fourth-order valence-corrected chi connectivity index (χ4v) is 0.357. The quantitative estimate of drug-likeness (QED) is 0.427. The second kappa shape index (κ2) is 1.36. The van der Waals surface area contributed by atoms with Gasteiger partial charge in [-0.25, -0.2) is 0 Å². The van der Waals surface area contributed by atoms with Gasteiger partial charge in [0.2, 0.25) is 0 Å². The fourth-order valence-electron chi connectivity index (χ4n) is 0.357. The van der Waals surface area contributed by atoms with E-state index in [1.54, 1.807) is 7.05 Å². The first-order valence-corrected chi connectivity index (χ1v) is 1.98. The highest BCUT2D eigenvalue weighted by Gasteiger charge is 2.08. The van der Waals surface area contributed by atoms with Crippen molar-refractivity contribution < 1.29 is 4.39 Å². The second-order valence-electron chi connectivity index (χ2n) is 1.40. The van der Waals surface area contributed by atoms with E-state index in [9.17, 15) is 4.39 Å². The van der Waals surface area contributed by atoms with E-state index in [4.69, 9.17) is 0 Å². The van der Waals surface area contributed by atoms with Crippen LogP contribution in [0.1, 0.15) is 0 Å². The topological polar surface area (TPSA) is 27.6 Å². The summed E-state index contributed by atoms with van der Waals surface area (Å²) in [7, 11) is 1.62. The average molecular weight is 103 g/mol. The highest BCUT2D eigenvalue weighted by atomic mass is 19.1. The van der Waals surface area contributed by atoms with E-state index in [0.29, 0.717) is 6.67 Å². The van der Waals surface area contributed by atoms with Crippen molar-refractivity contribution in [2.24, 2.45) is 5.10 Å². The molecule has 7 heavy (non-hydrogen) atoms. The molecule has 3 nitrogen and oxygen atoms in total. The Labute approximate surface area is 40.8 Å². The number of amidine groups is 1. The zero-order chi connectivity index (χ0) is 5.28. The molecule has 0 bridgehead atoms. The molecule has 1 heterocycles. The Morgan fingerprint density at radius 1 is 2.00 bits per heavy atom. The Kier molecular flexibility index (Phi) is 0.850. The summed E-state index contributed by atoms with van der Waals surface area (Å²) < 4.78 is 11.9. The van der Waals surface area contributed by atoms with Gasteiger partial charge in [-0.05, 0) is 0 Å². The molecule has 0 saturated carbocycles. The van der Waals surface area contributed by atoms with Crippen molar-refractivity contribution in [3.05, 3.63) is 0 Å². The Morgan fingerprint density at radius 2 is 2.71 bits per heavy atom. The lowest BCUT2D eigenvalue weighted by Gasteiger charge is -2.02. The minimum absolute atomic E-state index is 0.444. The third-order valence-electron chi connectivity index (χ3n) is 0.794. The summed E-state index contributed by atoms with van der Waals surface area (Å²) in [6, 6.07) is 0. The van der Waals surface area contributed by atoms with Gasteiger partial charge in [-0.3, -0.25) is 5.43 Å². The van der Waals surface area contributed by atoms with Crippen molar-refractivity contribution in [2.75, 3.05) is 13.7 Å². The first kappa shape index (κ1) is 4.36. The Bertz CT molecular complexity index is 100. The molecular weight excluding hydrogens is 97.1 g/mol. The summed E-state index contributed by atoms with van der Waals surface area (Å²) in [5.41, 5.74) is 2.46. The maximum atomic E-state index is 11.9. The summed E-state index contributed by atoms with van der Waals surface area (Å²) in [6.07, 6.45) is -0.444. The molecule has 0 unspecified atom stereocenters. The first-order chi connectivity index (χ1) is 3.30. The maximum absolute atomic E-state index is 11.9. The van der Waals surface area contributed by atoms with Gasteiger partial charge < -0.3 is 4.90 Å². The van der Waals surface area contributed by atoms with E-state index in [1.807, 2.05) is 0 Å². The number of nitrogens with one attached hydrogen (secondary N) is 1. The molecule has 1 aliphatic heterocycles. The summed E-state index contributed by atoms with van der Waals surface area (Å²) in [6.45, 7) is 0.478. The van der Waals surface area contributed by atoms with Crippen molar-refractivity contribution in [3.63, 3.8) is 0 Å². The van der Waals surface area contributed by atoms with Crippen LogP contribution in [0, 0.1) is 0 Å². The van der Waals surface area contributed by atoms with E-state index in [2.05, 4.69) is 10.5 Å². The van der Waals surface area contributed by atoms with Crippen LogP contribution < -0.4 is 5.43 Å². The summed E-state index contributed by atoms with van der Waals surface area (Å²) in [4.78, 5) is 1.38. The van der Waals surface area contributed by atoms with Gasteiger partial charge >= 0.3 is 6.09 Å². The van der Waals surface area contributed by atoms with Crippen LogP contribution in [0.15, 0.2) is 5.10 Å². The largest absolute Gasteiger partial charge is 0.316 e. The third-order valence-corrected chi connectivity index (χ3v) is 0.794. The molecule has 1 aliphatic rings. The fraction of sp³-hybridized carbons (Fsp3) is 0.667. The van der Waals surface area contributed by atoms with Crippen LogP contribution in [0.4, 0.5) is 4.39 Å². The molecule has 40 valence electrons. The molecule has 0 radical (unpaired) electrons. The lowest BCUT2D eigenvalue weighted by atomic mass is 10.9. The molecule has 0 aromatic rings. The van der Waals surface area contributed by atoms with Crippen LogP contribution in [0.3, 0.4) is 0 Å². The van der Waals surface area contributed by atoms with Gasteiger partial charge in [-0.2, -0.15) is 4.39 Å².